The fourth-order valence-corrected chi connectivity index (χ4v) is 5.52. The summed E-state index contributed by atoms with van der Waals surface area (Å²) in [7, 11) is 1.76. The van der Waals surface area contributed by atoms with Gasteiger partial charge in [-0.1, -0.05) is 46.2 Å². The van der Waals surface area contributed by atoms with Crippen molar-refractivity contribution in [3.8, 4) is 0 Å². The number of unbranched alkanes of at least 4 members (excludes halogenated alkanes) is 2. The van der Waals surface area contributed by atoms with Crippen molar-refractivity contribution in [2.45, 2.75) is 105 Å². The second kappa shape index (κ2) is 28.7. The minimum atomic E-state index is -0.798. The van der Waals surface area contributed by atoms with E-state index in [1.807, 2.05) is 20.8 Å². The van der Waals surface area contributed by atoms with Crippen molar-refractivity contribution in [1.29, 1.82) is 0 Å². The molecule has 0 aromatic heterocycles. The number of hydrogen-bond donors (Lipinski definition) is 6. The second-order valence-corrected chi connectivity index (χ2v) is 14.7. The molecular formula is C40H67N7O10. The average molecular weight is 806 g/mol. The Kier molecular flexibility index (Phi) is 25.4. The number of rotatable bonds is 30. The lowest BCUT2D eigenvalue weighted by molar-refractivity contribution is -0.138. The van der Waals surface area contributed by atoms with E-state index in [2.05, 4.69) is 35.1 Å². The molecule has 0 fully saturated rings. The monoisotopic (exact) mass is 805 g/mol. The Morgan fingerprint density at radius 1 is 0.789 bits per heavy atom. The molecule has 57 heavy (non-hydrogen) atoms. The number of likely N-dealkylation sites (N-methyl/N-ethyl adjacent to an activating group) is 1. The molecule has 0 heterocycles. The number of nitrogens with one attached hydrogen (secondary N) is 4. The lowest BCUT2D eigenvalue weighted by atomic mass is 9.89. The van der Waals surface area contributed by atoms with Crippen LogP contribution in [-0.2, 0) is 44.8 Å². The third-order valence-corrected chi connectivity index (χ3v) is 9.44. The minimum absolute atomic E-state index is 0.00340. The van der Waals surface area contributed by atoms with Crippen molar-refractivity contribution < 1.29 is 47.8 Å². The van der Waals surface area contributed by atoms with Crippen LogP contribution in [0.5, 0.6) is 0 Å². The molecule has 6 amide bonds. The maximum Gasteiger partial charge on any atom is 0.407 e. The summed E-state index contributed by atoms with van der Waals surface area (Å²) in [5.74, 6) is -1.74. The van der Waals surface area contributed by atoms with Gasteiger partial charge in [-0.15, -0.1) is 0 Å². The SMILES string of the molecule is CC(C)C(C)N(C)C(=O)COCCOCCNC(=O)OCc1ccc(NC(=O)[C@H](CCCNC(N)=O)CC(=O)[C@@H](NC(=O)CCCCCC(=O)CN)C(C)C)cc1. The first-order valence-electron chi connectivity index (χ1n) is 19.8. The van der Waals surface area contributed by atoms with Crippen LogP contribution >= 0.6 is 0 Å². The van der Waals surface area contributed by atoms with E-state index in [4.69, 9.17) is 25.7 Å². The van der Waals surface area contributed by atoms with Gasteiger partial charge in [-0.2, -0.15) is 0 Å². The zero-order valence-electron chi connectivity index (χ0n) is 34.7. The van der Waals surface area contributed by atoms with E-state index in [0.717, 1.165) is 0 Å². The highest BCUT2D eigenvalue weighted by atomic mass is 16.5. The zero-order valence-corrected chi connectivity index (χ0v) is 34.7. The average Bonchev–Trinajstić information content (AvgIpc) is 3.17. The van der Waals surface area contributed by atoms with Crippen LogP contribution in [0.4, 0.5) is 15.3 Å². The highest BCUT2D eigenvalue weighted by molar-refractivity contribution is 5.97. The van der Waals surface area contributed by atoms with Crippen LogP contribution in [0.3, 0.4) is 0 Å². The van der Waals surface area contributed by atoms with E-state index in [-0.39, 0.29) is 107 Å². The van der Waals surface area contributed by atoms with Crippen LogP contribution in [0, 0.1) is 17.8 Å². The molecule has 0 saturated carbocycles. The largest absolute Gasteiger partial charge is 0.445 e. The molecule has 1 unspecified atom stereocenters. The van der Waals surface area contributed by atoms with E-state index in [1.165, 1.54) is 0 Å². The Morgan fingerprint density at radius 3 is 2.09 bits per heavy atom. The summed E-state index contributed by atoms with van der Waals surface area (Å²) in [6.07, 6.45) is 2.36. The van der Waals surface area contributed by atoms with Crippen molar-refractivity contribution in [2.75, 3.05) is 58.4 Å². The molecule has 0 saturated heterocycles. The number of primary amides is 1. The maximum atomic E-state index is 13.5. The summed E-state index contributed by atoms with van der Waals surface area (Å²) in [6, 6.07) is 5.30. The molecule has 0 aliphatic heterocycles. The topological polar surface area (TPSA) is 251 Å². The van der Waals surface area contributed by atoms with E-state index in [1.54, 1.807) is 36.2 Å². The Morgan fingerprint density at radius 2 is 1.46 bits per heavy atom. The molecule has 17 heteroatoms. The highest BCUT2D eigenvalue weighted by Gasteiger charge is 2.29. The molecule has 8 N–H and O–H groups in total. The van der Waals surface area contributed by atoms with E-state index in [9.17, 15) is 33.6 Å². The molecule has 1 rings (SSSR count). The summed E-state index contributed by atoms with van der Waals surface area (Å²) >= 11 is 0. The summed E-state index contributed by atoms with van der Waals surface area (Å²) in [5.41, 5.74) is 11.6. The molecule has 0 aliphatic rings. The molecule has 1 aromatic carbocycles. The van der Waals surface area contributed by atoms with Crippen molar-refractivity contribution in [2.24, 2.45) is 29.2 Å². The summed E-state index contributed by atoms with van der Waals surface area (Å²) < 4.78 is 16.1. The summed E-state index contributed by atoms with van der Waals surface area (Å²) in [5, 5.41) is 10.7. The normalized spacial score (nSPS) is 12.6. The highest BCUT2D eigenvalue weighted by Crippen LogP contribution is 2.20. The Hall–Kier alpha value is -4.61. The predicted octanol–water partition coefficient (Wildman–Crippen LogP) is 3.03. The van der Waals surface area contributed by atoms with E-state index >= 15 is 0 Å². The van der Waals surface area contributed by atoms with Crippen molar-refractivity contribution in [3.05, 3.63) is 29.8 Å². The van der Waals surface area contributed by atoms with Gasteiger partial charge < -0.3 is 51.8 Å². The van der Waals surface area contributed by atoms with Gasteiger partial charge in [0, 0.05) is 57.0 Å². The third-order valence-electron chi connectivity index (χ3n) is 9.44. The van der Waals surface area contributed by atoms with E-state index in [0.29, 0.717) is 49.3 Å². The molecule has 322 valence electrons. The second-order valence-electron chi connectivity index (χ2n) is 14.7. The van der Waals surface area contributed by atoms with E-state index < -0.39 is 30.0 Å². The Balaban J connectivity index is 2.58. The number of anilines is 1. The van der Waals surface area contributed by atoms with Gasteiger partial charge in [-0.05, 0) is 62.1 Å². The molecule has 0 bridgehead atoms. The molecule has 17 nitrogen and oxygen atoms in total. The van der Waals surface area contributed by atoms with Crippen LogP contribution in [0.15, 0.2) is 24.3 Å². The van der Waals surface area contributed by atoms with Crippen LogP contribution in [0.2, 0.25) is 0 Å². The molecule has 0 aliphatic carbocycles. The van der Waals surface area contributed by atoms with Crippen molar-refractivity contribution in [1.82, 2.24) is 20.9 Å². The number of carbonyl (C=O) groups is 7. The number of ketones is 2. The number of nitrogens with zero attached hydrogens (tertiary/aromatic N) is 1. The van der Waals surface area contributed by atoms with Crippen molar-refractivity contribution in [3.63, 3.8) is 0 Å². The van der Waals surface area contributed by atoms with Crippen LogP contribution < -0.4 is 32.7 Å². The van der Waals surface area contributed by atoms with Gasteiger partial charge in [0.15, 0.2) is 5.78 Å². The first kappa shape index (κ1) is 50.4. The number of alkyl carbamates (subject to hydrolysis) is 1. The number of ether oxygens (including phenoxy) is 3. The van der Waals surface area contributed by atoms with Gasteiger partial charge in [-0.3, -0.25) is 24.0 Å². The van der Waals surface area contributed by atoms with Crippen LogP contribution in [0.25, 0.3) is 0 Å². The fourth-order valence-electron chi connectivity index (χ4n) is 5.52. The number of hydrogen-bond acceptors (Lipinski definition) is 11. The van der Waals surface area contributed by atoms with Gasteiger partial charge in [0.05, 0.1) is 32.4 Å². The van der Waals surface area contributed by atoms with Gasteiger partial charge in [-0.25, -0.2) is 9.59 Å². The number of amides is 6. The van der Waals surface area contributed by atoms with Gasteiger partial charge in [0.2, 0.25) is 17.7 Å². The standard InChI is InChI=1S/C40H67N7O10/c1-27(2)29(5)47(6)36(51)26-56-22-21-55-20-19-44-40(54)57-25-30-14-16-32(17-15-30)45-38(52)31(11-10-18-43-39(42)53)23-34(49)37(28(3)4)46-35(50)13-9-7-8-12-33(48)24-41/h14-17,27-29,31,37H,7-13,18-26,41H2,1-6H3,(H,44,54)(H,45,52)(H,46,50)(H3,42,43,53)/t29?,31-,37+/m1/s1. The lowest BCUT2D eigenvalue weighted by Gasteiger charge is -2.27. The van der Waals surface area contributed by atoms with Crippen LogP contribution in [0.1, 0.15) is 91.5 Å². The molecule has 1 aromatic rings. The Bertz CT molecular complexity index is 1410. The predicted molar refractivity (Wildman–Crippen MR) is 216 cm³/mol. The number of carbonyl (C=O) groups excluding carboxylic acids is 7. The smallest absolute Gasteiger partial charge is 0.407 e. The molecule has 0 radical (unpaired) electrons. The molecule has 0 spiro atoms. The van der Waals surface area contributed by atoms with Crippen molar-refractivity contribution >= 4 is 47.1 Å². The van der Waals surface area contributed by atoms with Gasteiger partial charge >= 0.3 is 12.1 Å². The molecule has 3 atom stereocenters. The summed E-state index contributed by atoms with van der Waals surface area (Å²) in [4.78, 5) is 88.2. The van der Waals surface area contributed by atoms with Gasteiger partial charge in [0.25, 0.3) is 0 Å². The number of nitrogens with two attached hydrogens (primary N) is 2. The number of urea groups is 1. The quantitative estimate of drug-likeness (QED) is 0.0617. The maximum absolute atomic E-state index is 13.5. The zero-order chi connectivity index (χ0) is 42.8. The van der Waals surface area contributed by atoms with Crippen LogP contribution in [-0.4, -0.2) is 112 Å². The van der Waals surface area contributed by atoms with Gasteiger partial charge in [0.1, 0.15) is 19.0 Å². The first-order chi connectivity index (χ1) is 27.0. The minimum Gasteiger partial charge on any atom is -0.445 e. The third kappa shape index (κ3) is 22.7. The number of benzene rings is 1. The lowest BCUT2D eigenvalue weighted by Crippen LogP contribution is -2.45. The number of Topliss-reactive ketones (excluding diaryl/α,β-unsaturated/α-hetero) is 2. The molecular weight excluding hydrogens is 738 g/mol. The first-order valence-corrected chi connectivity index (χ1v) is 19.8. The summed E-state index contributed by atoms with van der Waals surface area (Å²) in [6.45, 7) is 10.8. The fraction of sp³-hybridized carbons (Fsp3) is 0.675. The Labute approximate surface area is 337 Å².